The van der Waals surface area contributed by atoms with Crippen LogP contribution in [0.2, 0.25) is 5.02 Å². The maximum absolute atomic E-state index is 11.5. The van der Waals surface area contributed by atoms with Crippen LogP contribution in [0, 0.1) is 0 Å². The molecule has 4 nitrogen and oxygen atoms in total. The predicted octanol–water partition coefficient (Wildman–Crippen LogP) is 1.95. The molecule has 1 aromatic carbocycles. The highest BCUT2D eigenvalue weighted by Gasteiger charge is 2.12. The van der Waals surface area contributed by atoms with E-state index >= 15 is 0 Å². The Bertz CT molecular complexity index is 369. The molecule has 2 N–H and O–H groups in total. The number of benzene rings is 1. The first kappa shape index (κ1) is 17.0. The van der Waals surface area contributed by atoms with Crippen molar-refractivity contribution < 1.29 is 9.53 Å². The summed E-state index contributed by atoms with van der Waals surface area (Å²) in [6.07, 6.45) is 0. The molecule has 1 rings (SSSR count). The highest BCUT2D eigenvalue weighted by molar-refractivity contribution is 6.30. The molecule has 1 unspecified atom stereocenters. The number of ether oxygens (including phenoxy) is 1. The Balaban J connectivity index is 0.00000289. The second-order valence-corrected chi connectivity index (χ2v) is 4.29. The Morgan fingerprint density at radius 2 is 2.00 bits per heavy atom. The van der Waals surface area contributed by atoms with Gasteiger partial charge in [0.05, 0.1) is 12.6 Å². The summed E-state index contributed by atoms with van der Waals surface area (Å²) in [7, 11) is 1.71. The van der Waals surface area contributed by atoms with Crippen molar-refractivity contribution in [2.45, 2.75) is 13.0 Å². The SMILES string of the molecule is CC(N)C(=O)N(C)CCOc1ccc(Cl)cc1.Cl. The van der Waals surface area contributed by atoms with Crippen molar-refractivity contribution in [1.82, 2.24) is 4.90 Å². The molecule has 0 heterocycles. The molecule has 1 amide bonds. The van der Waals surface area contributed by atoms with Gasteiger partial charge in [0.25, 0.3) is 0 Å². The van der Waals surface area contributed by atoms with Crippen molar-refractivity contribution in [3.63, 3.8) is 0 Å². The fraction of sp³-hybridized carbons (Fsp3) is 0.417. The predicted molar refractivity (Wildman–Crippen MR) is 75.5 cm³/mol. The smallest absolute Gasteiger partial charge is 0.239 e. The molecule has 102 valence electrons. The van der Waals surface area contributed by atoms with Crippen LogP contribution in [0.1, 0.15) is 6.92 Å². The summed E-state index contributed by atoms with van der Waals surface area (Å²) in [4.78, 5) is 13.0. The fourth-order valence-electron chi connectivity index (χ4n) is 1.29. The molecule has 0 spiro atoms. The molecule has 0 saturated heterocycles. The maximum Gasteiger partial charge on any atom is 0.239 e. The lowest BCUT2D eigenvalue weighted by Crippen LogP contribution is -2.41. The third-order valence-electron chi connectivity index (χ3n) is 2.27. The third kappa shape index (κ3) is 5.58. The van der Waals surface area contributed by atoms with E-state index in [9.17, 15) is 4.79 Å². The summed E-state index contributed by atoms with van der Waals surface area (Å²) < 4.78 is 5.47. The normalized spacial score (nSPS) is 11.3. The first-order valence-corrected chi connectivity index (χ1v) is 5.77. The van der Waals surface area contributed by atoms with E-state index in [1.165, 1.54) is 0 Å². The van der Waals surface area contributed by atoms with Gasteiger partial charge in [0.1, 0.15) is 12.4 Å². The second-order valence-electron chi connectivity index (χ2n) is 3.85. The molecule has 0 aliphatic carbocycles. The van der Waals surface area contributed by atoms with Crippen LogP contribution in [-0.4, -0.2) is 37.0 Å². The minimum Gasteiger partial charge on any atom is -0.492 e. The molecule has 0 fully saturated rings. The van der Waals surface area contributed by atoms with Gasteiger partial charge in [-0.2, -0.15) is 0 Å². The number of halogens is 2. The minimum absolute atomic E-state index is 0. The average molecular weight is 293 g/mol. The van der Waals surface area contributed by atoms with E-state index in [0.29, 0.717) is 18.2 Å². The number of nitrogens with zero attached hydrogens (tertiary/aromatic N) is 1. The van der Waals surface area contributed by atoms with Gasteiger partial charge in [-0.1, -0.05) is 11.6 Å². The zero-order valence-electron chi connectivity index (χ0n) is 10.4. The first-order chi connectivity index (χ1) is 8.00. The molecular weight excluding hydrogens is 275 g/mol. The van der Waals surface area contributed by atoms with Gasteiger partial charge in [-0.25, -0.2) is 0 Å². The zero-order valence-corrected chi connectivity index (χ0v) is 12.0. The van der Waals surface area contributed by atoms with E-state index in [1.54, 1.807) is 43.1 Å². The van der Waals surface area contributed by atoms with Crippen molar-refractivity contribution in [2.75, 3.05) is 20.2 Å². The Labute approximate surface area is 118 Å². The summed E-state index contributed by atoms with van der Waals surface area (Å²) in [6.45, 7) is 2.60. The van der Waals surface area contributed by atoms with Gasteiger partial charge in [-0.3, -0.25) is 4.79 Å². The lowest BCUT2D eigenvalue weighted by Gasteiger charge is -2.19. The number of hydrogen-bond donors (Lipinski definition) is 1. The van der Waals surface area contributed by atoms with E-state index < -0.39 is 6.04 Å². The molecular formula is C12H18Cl2N2O2. The van der Waals surface area contributed by atoms with E-state index in [4.69, 9.17) is 22.1 Å². The Kier molecular flexibility index (Phi) is 7.75. The standard InChI is InChI=1S/C12H17ClN2O2.ClH/c1-9(14)12(16)15(2)7-8-17-11-5-3-10(13)4-6-11;/h3-6,9H,7-8,14H2,1-2H3;1H. The molecule has 0 radical (unpaired) electrons. The molecule has 0 aliphatic rings. The highest BCUT2D eigenvalue weighted by Crippen LogP contribution is 2.15. The number of hydrogen-bond acceptors (Lipinski definition) is 3. The van der Waals surface area contributed by atoms with E-state index in [0.717, 1.165) is 5.75 Å². The Morgan fingerprint density at radius 3 is 2.50 bits per heavy atom. The number of rotatable bonds is 5. The molecule has 0 aromatic heterocycles. The molecule has 0 bridgehead atoms. The second kappa shape index (κ2) is 8.19. The number of amides is 1. The van der Waals surface area contributed by atoms with Crippen LogP contribution in [0.4, 0.5) is 0 Å². The lowest BCUT2D eigenvalue weighted by molar-refractivity contribution is -0.131. The average Bonchev–Trinajstić information content (AvgIpc) is 2.30. The van der Waals surface area contributed by atoms with Crippen LogP contribution >= 0.6 is 24.0 Å². The summed E-state index contributed by atoms with van der Waals surface area (Å²) >= 11 is 5.75. The molecule has 1 atom stereocenters. The van der Waals surface area contributed by atoms with Crippen molar-refractivity contribution >= 4 is 29.9 Å². The number of carbonyl (C=O) groups excluding carboxylic acids is 1. The van der Waals surface area contributed by atoms with Gasteiger partial charge in [0, 0.05) is 12.1 Å². The van der Waals surface area contributed by atoms with Crippen LogP contribution in [0.25, 0.3) is 0 Å². The zero-order chi connectivity index (χ0) is 12.8. The monoisotopic (exact) mass is 292 g/mol. The quantitative estimate of drug-likeness (QED) is 0.902. The largest absolute Gasteiger partial charge is 0.492 e. The van der Waals surface area contributed by atoms with Gasteiger partial charge in [0.15, 0.2) is 0 Å². The van der Waals surface area contributed by atoms with Gasteiger partial charge in [-0.15, -0.1) is 12.4 Å². The highest BCUT2D eigenvalue weighted by atomic mass is 35.5. The van der Waals surface area contributed by atoms with Crippen molar-refractivity contribution in [3.05, 3.63) is 29.3 Å². The summed E-state index contributed by atoms with van der Waals surface area (Å²) in [6, 6.07) is 6.61. The van der Waals surface area contributed by atoms with E-state index in [2.05, 4.69) is 0 Å². The number of nitrogens with two attached hydrogens (primary N) is 1. The topological polar surface area (TPSA) is 55.6 Å². The van der Waals surface area contributed by atoms with Gasteiger partial charge >= 0.3 is 0 Å². The fourth-order valence-corrected chi connectivity index (χ4v) is 1.42. The van der Waals surface area contributed by atoms with Crippen molar-refractivity contribution in [2.24, 2.45) is 5.73 Å². The van der Waals surface area contributed by atoms with E-state index in [-0.39, 0.29) is 18.3 Å². The van der Waals surface area contributed by atoms with Crippen molar-refractivity contribution in [1.29, 1.82) is 0 Å². The molecule has 6 heteroatoms. The van der Waals surface area contributed by atoms with Crippen LogP contribution in [0.3, 0.4) is 0 Å². The molecule has 1 aromatic rings. The lowest BCUT2D eigenvalue weighted by atomic mass is 10.3. The molecule has 18 heavy (non-hydrogen) atoms. The first-order valence-electron chi connectivity index (χ1n) is 5.39. The number of likely N-dealkylation sites (N-methyl/N-ethyl adjacent to an activating group) is 1. The van der Waals surface area contributed by atoms with Crippen LogP contribution < -0.4 is 10.5 Å². The van der Waals surface area contributed by atoms with Crippen molar-refractivity contribution in [3.8, 4) is 5.75 Å². The van der Waals surface area contributed by atoms with Gasteiger partial charge < -0.3 is 15.4 Å². The van der Waals surface area contributed by atoms with Gasteiger partial charge in [-0.05, 0) is 31.2 Å². The summed E-state index contributed by atoms with van der Waals surface area (Å²) in [5.41, 5.74) is 5.49. The van der Waals surface area contributed by atoms with Gasteiger partial charge in [0.2, 0.25) is 5.91 Å². The Morgan fingerprint density at radius 1 is 1.44 bits per heavy atom. The number of carbonyl (C=O) groups is 1. The van der Waals surface area contributed by atoms with E-state index in [1.807, 2.05) is 0 Å². The van der Waals surface area contributed by atoms with Crippen LogP contribution in [-0.2, 0) is 4.79 Å². The maximum atomic E-state index is 11.5. The van der Waals surface area contributed by atoms with Crippen LogP contribution in [0.15, 0.2) is 24.3 Å². The molecule has 0 aliphatic heterocycles. The Hall–Kier alpha value is -0.970. The third-order valence-corrected chi connectivity index (χ3v) is 2.53. The summed E-state index contributed by atoms with van der Waals surface area (Å²) in [5.74, 6) is 0.640. The minimum atomic E-state index is -0.476. The molecule has 0 saturated carbocycles. The van der Waals surface area contributed by atoms with Crippen LogP contribution in [0.5, 0.6) is 5.75 Å². The summed E-state index contributed by atoms with van der Waals surface area (Å²) in [5, 5.41) is 0.668.